The zero-order valence-electron chi connectivity index (χ0n) is 9.07. The highest BCUT2D eigenvalue weighted by molar-refractivity contribution is 7.11. The first-order valence-corrected chi connectivity index (χ1v) is 6.40. The molecule has 1 aliphatic rings. The lowest BCUT2D eigenvalue weighted by molar-refractivity contribution is 0.251. The van der Waals surface area contributed by atoms with Crippen molar-refractivity contribution in [1.29, 1.82) is 0 Å². The summed E-state index contributed by atoms with van der Waals surface area (Å²) in [4.78, 5) is 5.73. The molecule has 0 bridgehead atoms. The molecule has 1 heterocycles. The number of hydrogen-bond donors (Lipinski definition) is 2. The third-order valence-electron chi connectivity index (χ3n) is 2.92. The van der Waals surface area contributed by atoms with Gasteiger partial charge in [-0.05, 0) is 19.8 Å². The van der Waals surface area contributed by atoms with Gasteiger partial charge in [0.1, 0.15) is 0 Å². The second kappa shape index (κ2) is 5.05. The van der Waals surface area contributed by atoms with Crippen molar-refractivity contribution in [2.75, 3.05) is 6.61 Å². The van der Waals surface area contributed by atoms with Crippen molar-refractivity contribution in [1.82, 2.24) is 10.3 Å². The summed E-state index contributed by atoms with van der Waals surface area (Å²) in [6.07, 6.45) is 5.95. The maximum atomic E-state index is 8.88. The SMILES string of the molecule is C[C@@H](CO)NCc1cnc(C2CCC2)s1. The van der Waals surface area contributed by atoms with E-state index in [0.29, 0.717) is 0 Å². The van der Waals surface area contributed by atoms with Gasteiger partial charge in [-0.1, -0.05) is 6.42 Å². The number of thiazole rings is 1. The summed E-state index contributed by atoms with van der Waals surface area (Å²) >= 11 is 1.81. The fraction of sp³-hybridized carbons (Fsp3) is 0.727. The third-order valence-corrected chi connectivity index (χ3v) is 4.08. The molecule has 0 aliphatic heterocycles. The maximum absolute atomic E-state index is 8.88. The fourth-order valence-corrected chi connectivity index (χ4v) is 2.62. The molecule has 84 valence electrons. The van der Waals surface area contributed by atoms with E-state index in [9.17, 15) is 0 Å². The Morgan fingerprint density at radius 1 is 1.67 bits per heavy atom. The smallest absolute Gasteiger partial charge is 0.0959 e. The molecule has 1 aromatic heterocycles. The molecular weight excluding hydrogens is 208 g/mol. The molecule has 1 aromatic rings. The van der Waals surface area contributed by atoms with Crippen LogP contribution in [-0.2, 0) is 6.54 Å². The molecule has 1 fully saturated rings. The molecule has 2 rings (SSSR count). The molecule has 0 spiro atoms. The quantitative estimate of drug-likeness (QED) is 0.806. The van der Waals surface area contributed by atoms with Gasteiger partial charge in [-0.15, -0.1) is 11.3 Å². The summed E-state index contributed by atoms with van der Waals surface area (Å²) in [5, 5.41) is 13.4. The van der Waals surface area contributed by atoms with Gasteiger partial charge in [-0.3, -0.25) is 0 Å². The predicted octanol–water partition coefficient (Wildman–Crippen LogP) is 1.88. The van der Waals surface area contributed by atoms with E-state index < -0.39 is 0 Å². The Labute approximate surface area is 94.5 Å². The minimum atomic E-state index is 0.166. The number of nitrogens with one attached hydrogen (secondary N) is 1. The van der Waals surface area contributed by atoms with Crippen LogP contribution in [0.2, 0.25) is 0 Å². The van der Waals surface area contributed by atoms with Gasteiger partial charge in [0.2, 0.25) is 0 Å². The van der Waals surface area contributed by atoms with E-state index in [1.807, 2.05) is 24.5 Å². The lowest BCUT2D eigenvalue weighted by Gasteiger charge is -2.22. The highest BCUT2D eigenvalue weighted by atomic mass is 32.1. The van der Waals surface area contributed by atoms with E-state index in [1.54, 1.807) is 0 Å². The molecule has 0 radical (unpaired) electrons. The van der Waals surface area contributed by atoms with E-state index >= 15 is 0 Å². The zero-order valence-corrected chi connectivity index (χ0v) is 9.89. The van der Waals surface area contributed by atoms with Crippen molar-refractivity contribution in [3.8, 4) is 0 Å². The van der Waals surface area contributed by atoms with E-state index in [-0.39, 0.29) is 12.6 Å². The van der Waals surface area contributed by atoms with Crippen molar-refractivity contribution in [2.45, 2.75) is 44.7 Å². The summed E-state index contributed by atoms with van der Waals surface area (Å²) in [6, 6.07) is 0.166. The van der Waals surface area contributed by atoms with Gasteiger partial charge >= 0.3 is 0 Å². The molecular formula is C11H18N2OS. The number of aromatic nitrogens is 1. The van der Waals surface area contributed by atoms with Gasteiger partial charge in [0, 0.05) is 29.6 Å². The predicted molar refractivity (Wildman–Crippen MR) is 62.1 cm³/mol. The molecule has 0 aromatic carbocycles. The molecule has 1 saturated carbocycles. The minimum Gasteiger partial charge on any atom is -0.395 e. The van der Waals surface area contributed by atoms with Crippen LogP contribution >= 0.6 is 11.3 Å². The van der Waals surface area contributed by atoms with Crippen molar-refractivity contribution in [3.63, 3.8) is 0 Å². The van der Waals surface area contributed by atoms with Gasteiger partial charge < -0.3 is 10.4 Å². The summed E-state index contributed by atoms with van der Waals surface area (Å²) < 4.78 is 0. The van der Waals surface area contributed by atoms with E-state index in [0.717, 1.165) is 12.5 Å². The van der Waals surface area contributed by atoms with Crippen molar-refractivity contribution in [2.24, 2.45) is 0 Å². The Bertz CT molecular complexity index is 309. The van der Waals surface area contributed by atoms with Crippen LogP contribution in [0.4, 0.5) is 0 Å². The Morgan fingerprint density at radius 2 is 2.47 bits per heavy atom. The second-order valence-electron chi connectivity index (χ2n) is 4.26. The van der Waals surface area contributed by atoms with Gasteiger partial charge in [0.15, 0.2) is 0 Å². The van der Waals surface area contributed by atoms with Crippen molar-refractivity contribution >= 4 is 11.3 Å². The summed E-state index contributed by atoms with van der Waals surface area (Å²) in [5.41, 5.74) is 0. The molecule has 1 atom stereocenters. The first kappa shape index (κ1) is 11.0. The lowest BCUT2D eigenvalue weighted by atomic mass is 9.86. The van der Waals surface area contributed by atoms with Crippen LogP contribution in [-0.4, -0.2) is 22.7 Å². The molecule has 0 amide bonds. The van der Waals surface area contributed by atoms with Crippen LogP contribution in [0.5, 0.6) is 0 Å². The van der Waals surface area contributed by atoms with Crippen LogP contribution in [0, 0.1) is 0 Å². The fourth-order valence-electron chi connectivity index (χ4n) is 1.59. The maximum Gasteiger partial charge on any atom is 0.0959 e. The number of rotatable bonds is 5. The average Bonchev–Trinajstić information content (AvgIpc) is 2.60. The summed E-state index contributed by atoms with van der Waals surface area (Å²) in [7, 11) is 0. The molecule has 1 aliphatic carbocycles. The Balaban J connectivity index is 1.84. The van der Waals surface area contributed by atoms with Crippen LogP contribution in [0.15, 0.2) is 6.20 Å². The molecule has 2 N–H and O–H groups in total. The molecule has 3 nitrogen and oxygen atoms in total. The minimum absolute atomic E-state index is 0.166. The normalized spacial score (nSPS) is 18.8. The van der Waals surface area contributed by atoms with Gasteiger partial charge in [0.25, 0.3) is 0 Å². The Kier molecular flexibility index (Phi) is 3.72. The molecule has 4 heteroatoms. The largest absolute Gasteiger partial charge is 0.395 e. The Morgan fingerprint density at radius 3 is 3.07 bits per heavy atom. The number of hydrogen-bond acceptors (Lipinski definition) is 4. The molecule has 0 saturated heterocycles. The third kappa shape index (κ3) is 2.77. The first-order valence-electron chi connectivity index (χ1n) is 5.58. The van der Waals surface area contributed by atoms with Crippen LogP contribution in [0.3, 0.4) is 0 Å². The standard InChI is InChI=1S/C11H18N2OS/c1-8(7-14)12-5-10-6-13-11(15-10)9-3-2-4-9/h6,8-9,12,14H,2-5,7H2,1H3/t8-/m0/s1. The van der Waals surface area contributed by atoms with Crippen molar-refractivity contribution < 1.29 is 5.11 Å². The first-order chi connectivity index (χ1) is 7.29. The van der Waals surface area contributed by atoms with E-state index in [1.165, 1.54) is 29.1 Å². The monoisotopic (exact) mass is 226 g/mol. The number of nitrogens with zero attached hydrogens (tertiary/aromatic N) is 1. The van der Waals surface area contributed by atoms with Gasteiger partial charge in [0.05, 0.1) is 11.6 Å². The van der Waals surface area contributed by atoms with Gasteiger partial charge in [-0.2, -0.15) is 0 Å². The van der Waals surface area contributed by atoms with Crippen LogP contribution in [0.1, 0.15) is 42.0 Å². The van der Waals surface area contributed by atoms with Crippen molar-refractivity contribution in [3.05, 3.63) is 16.1 Å². The highest BCUT2D eigenvalue weighted by Gasteiger charge is 2.22. The average molecular weight is 226 g/mol. The second-order valence-corrected chi connectivity index (χ2v) is 5.40. The summed E-state index contributed by atoms with van der Waals surface area (Å²) in [6.45, 7) is 2.99. The van der Waals surface area contributed by atoms with Crippen LogP contribution < -0.4 is 5.32 Å². The van der Waals surface area contributed by atoms with E-state index in [2.05, 4.69) is 10.3 Å². The Hall–Kier alpha value is -0.450. The van der Waals surface area contributed by atoms with E-state index in [4.69, 9.17) is 5.11 Å². The number of aliphatic hydroxyl groups is 1. The van der Waals surface area contributed by atoms with Crippen LogP contribution in [0.25, 0.3) is 0 Å². The summed E-state index contributed by atoms with van der Waals surface area (Å²) in [5.74, 6) is 0.735. The zero-order chi connectivity index (χ0) is 10.7. The lowest BCUT2D eigenvalue weighted by Crippen LogP contribution is -2.28. The molecule has 0 unspecified atom stereocenters. The topological polar surface area (TPSA) is 45.1 Å². The molecule has 15 heavy (non-hydrogen) atoms. The number of aliphatic hydroxyl groups excluding tert-OH is 1. The van der Waals surface area contributed by atoms with Gasteiger partial charge in [-0.25, -0.2) is 4.98 Å². The highest BCUT2D eigenvalue weighted by Crippen LogP contribution is 2.38.